The Kier molecular flexibility index (Phi) is 4.69. The molecule has 1 atom stereocenters. The first kappa shape index (κ1) is 14.5. The molecule has 0 bridgehead atoms. The number of ether oxygens (including phenoxy) is 1. The standard InChI is InChI=1S/C14H18FNO2/c1-10(17)12-8-11(15)4-5-13(12)18-7-6-14(2,3)9-16/h4-5,8,10,17H,6-7H2,1-3H3/t10-/m1/s1. The number of nitrogens with zero attached hydrogens (tertiary/aromatic N) is 1. The van der Waals surface area contributed by atoms with Crippen LogP contribution < -0.4 is 4.74 Å². The molecule has 1 rings (SSSR count). The van der Waals surface area contributed by atoms with Crippen LogP contribution in [0.3, 0.4) is 0 Å². The van der Waals surface area contributed by atoms with Gasteiger partial charge in [-0.3, -0.25) is 0 Å². The summed E-state index contributed by atoms with van der Waals surface area (Å²) in [7, 11) is 0. The van der Waals surface area contributed by atoms with Crippen molar-refractivity contribution in [1.82, 2.24) is 0 Å². The molecule has 0 fully saturated rings. The van der Waals surface area contributed by atoms with Crippen molar-refractivity contribution < 1.29 is 14.2 Å². The van der Waals surface area contributed by atoms with Gasteiger partial charge in [0.05, 0.1) is 24.2 Å². The average Bonchev–Trinajstić information content (AvgIpc) is 2.30. The third kappa shape index (κ3) is 4.01. The average molecular weight is 251 g/mol. The smallest absolute Gasteiger partial charge is 0.125 e. The summed E-state index contributed by atoms with van der Waals surface area (Å²) in [6.45, 7) is 5.57. The normalized spacial score (nSPS) is 12.9. The number of rotatable bonds is 5. The van der Waals surface area contributed by atoms with Crippen LogP contribution in [0.4, 0.5) is 4.39 Å². The number of hydrogen-bond acceptors (Lipinski definition) is 3. The van der Waals surface area contributed by atoms with Crippen LogP contribution in [0.5, 0.6) is 5.75 Å². The van der Waals surface area contributed by atoms with E-state index in [4.69, 9.17) is 10.00 Å². The van der Waals surface area contributed by atoms with E-state index in [0.717, 1.165) is 0 Å². The van der Waals surface area contributed by atoms with E-state index in [1.54, 1.807) is 6.92 Å². The highest BCUT2D eigenvalue weighted by atomic mass is 19.1. The lowest BCUT2D eigenvalue weighted by atomic mass is 9.92. The molecule has 0 aliphatic carbocycles. The first-order chi connectivity index (χ1) is 8.35. The minimum Gasteiger partial charge on any atom is -0.493 e. The molecule has 4 heteroatoms. The molecular formula is C14H18FNO2. The van der Waals surface area contributed by atoms with Crippen molar-refractivity contribution in [3.8, 4) is 11.8 Å². The quantitative estimate of drug-likeness (QED) is 0.874. The van der Waals surface area contributed by atoms with Crippen LogP contribution in [-0.2, 0) is 0 Å². The Morgan fingerprint density at radius 2 is 2.17 bits per heavy atom. The highest BCUT2D eigenvalue weighted by molar-refractivity contribution is 5.35. The molecule has 18 heavy (non-hydrogen) atoms. The predicted molar refractivity (Wildman–Crippen MR) is 66.5 cm³/mol. The van der Waals surface area contributed by atoms with Crippen molar-refractivity contribution in [3.05, 3.63) is 29.6 Å². The van der Waals surface area contributed by atoms with Crippen molar-refractivity contribution in [2.24, 2.45) is 5.41 Å². The van der Waals surface area contributed by atoms with Crippen molar-refractivity contribution in [3.63, 3.8) is 0 Å². The minimum absolute atomic E-state index is 0.353. The number of halogens is 1. The summed E-state index contributed by atoms with van der Waals surface area (Å²) in [5.41, 5.74) is -0.0323. The van der Waals surface area contributed by atoms with Crippen molar-refractivity contribution >= 4 is 0 Å². The molecule has 0 aliphatic heterocycles. The Morgan fingerprint density at radius 3 is 2.72 bits per heavy atom. The topological polar surface area (TPSA) is 53.2 Å². The Bertz CT molecular complexity index is 450. The molecule has 0 aromatic heterocycles. The Balaban J connectivity index is 2.71. The molecule has 0 aliphatic rings. The Labute approximate surface area is 107 Å². The fourth-order valence-corrected chi connectivity index (χ4v) is 1.45. The summed E-state index contributed by atoms with van der Waals surface area (Å²) < 4.78 is 18.6. The van der Waals surface area contributed by atoms with E-state index in [1.807, 2.05) is 13.8 Å². The molecular weight excluding hydrogens is 233 g/mol. The fraction of sp³-hybridized carbons (Fsp3) is 0.500. The summed E-state index contributed by atoms with van der Waals surface area (Å²) in [6.07, 6.45) is -0.222. The van der Waals surface area contributed by atoms with E-state index in [1.165, 1.54) is 18.2 Å². The largest absolute Gasteiger partial charge is 0.493 e. The van der Waals surface area contributed by atoms with Crippen LogP contribution in [0.2, 0.25) is 0 Å². The number of benzene rings is 1. The van der Waals surface area contributed by atoms with E-state index in [-0.39, 0.29) is 0 Å². The van der Waals surface area contributed by atoms with Gasteiger partial charge in [-0.15, -0.1) is 0 Å². The van der Waals surface area contributed by atoms with Crippen molar-refractivity contribution in [2.45, 2.75) is 33.3 Å². The first-order valence-electron chi connectivity index (χ1n) is 5.87. The predicted octanol–water partition coefficient (Wildman–Crippen LogP) is 3.20. The van der Waals surface area contributed by atoms with Gasteiger partial charge < -0.3 is 9.84 Å². The molecule has 0 unspecified atom stereocenters. The summed E-state index contributed by atoms with van der Waals surface area (Å²) in [5.74, 6) is 0.0516. The summed E-state index contributed by atoms with van der Waals surface area (Å²) >= 11 is 0. The van der Waals surface area contributed by atoms with Crippen LogP contribution in [0.15, 0.2) is 18.2 Å². The molecule has 0 amide bonds. The van der Waals surface area contributed by atoms with Crippen LogP contribution in [0, 0.1) is 22.6 Å². The molecule has 0 radical (unpaired) electrons. The molecule has 0 heterocycles. The molecule has 1 aromatic carbocycles. The molecule has 1 N–H and O–H groups in total. The van der Waals surface area contributed by atoms with Crippen molar-refractivity contribution in [1.29, 1.82) is 5.26 Å². The highest BCUT2D eigenvalue weighted by Crippen LogP contribution is 2.27. The van der Waals surface area contributed by atoms with Gasteiger partial charge in [0.1, 0.15) is 11.6 Å². The summed E-state index contributed by atoms with van der Waals surface area (Å²) in [5, 5.41) is 18.4. The molecule has 98 valence electrons. The van der Waals surface area contributed by atoms with E-state index in [2.05, 4.69) is 6.07 Å². The van der Waals surface area contributed by atoms with E-state index in [9.17, 15) is 9.50 Å². The van der Waals surface area contributed by atoms with Crippen LogP contribution in [-0.4, -0.2) is 11.7 Å². The maximum Gasteiger partial charge on any atom is 0.125 e. The number of aliphatic hydroxyl groups is 1. The number of aliphatic hydroxyl groups excluding tert-OH is 1. The van der Waals surface area contributed by atoms with Gasteiger partial charge in [0, 0.05) is 5.56 Å². The van der Waals surface area contributed by atoms with E-state index in [0.29, 0.717) is 24.3 Å². The van der Waals surface area contributed by atoms with Crippen LogP contribution in [0.1, 0.15) is 38.9 Å². The van der Waals surface area contributed by atoms with Gasteiger partial charge in [0.2, 0.25) is 0 Å². The monoisotopic (exact) mass is 251 g/mol. The van der Waals surface area contributed by atoms with Crippen LogP contribution >= 0.6 is 0 Å². The molecule has 1 aromatic rings. The maximum atomic E-state index is 13.1. The summed E-state index contributed by atoms with van der Waals surface area (Å²) in [4.78, 5) is 0. The maximum absolute atomic E-state index is 13.1. The van der Waals surface area contributed by atoms with Gasteiger partial charge in [0.15, 0.2) is 0 Å². The zero-order valence-corrected chi connectivity index (χ0v) is 10.9. The fourth-order valence-electron chi connectivity index (χ4n) is 1.45. The lowest BCUT2D eigenvalue weighted by molar-refractivity contribution is 0.188. The second kappa shape index (κ2) is 5.83. The minimum atomic E-state index is -0.792. The second-order valence-electron chi connectivity index (χ2n) is 4.95. The summed E-state index contributed by atoms with van der Waals surface area (Å²) in [6, 6.07) is 6.23. The third-order valence-electron chi connectivity index (χ3n) is 2.71. The van der Waals surface area contributed by atoms with Gasteiger partial charge in [-0.2, -0.15) is 5.26 Å². The van der Waals surface area contributed by atoms with Crippen molar-refractivity contribution in [2.75, 3.05) is 6.61 Å². The SMILES string of the molecule is C[C@@H](O)c1cc(F)ccc1OCCC(C)(C)C#N. The molecule has 0 spiro atoms. The number of nitriles is 1. The first-order valence-corrected chi connectivity index (χ1v) is 5.87. The number of hydrogen-bond donors (Lipinski definition) is 1. The van der Waals surface area contributed by atoms with Gasteiger partial charge >= 0.3 is 0 Å². The Morgan fingerprint density at radius 1 is 1.50 bits per heavy atom. The molecule has 3 nitrogen and oxygen atoms in total. The van der Waals surface area contributed by atoms with E-state index < -0.39 is 17.3 Å². The highest BCUT2D eigenvalue weighted by Gasteiger charge is 2.17. The third-order valence-corrected chi connectivity index (χ3v) is 2.71. The lowest BCUT2D eigenvalue weighted by Crippen LogP contribution is -2.14. The van der Waals surface area contributed by atoms with Gasteiger partial charge in [-0.25, -0.2) is 4.39 Å². The van der Waals surface area contributed by atoms with E-state index >= 15 is 0 Å². The van der Waals surface area contributed by atoms with Gasteiger partial charge in [0.25, 0.3) is 0 Å². The Hall–Kier alpha value is -1.60. The molecule has 0 saturated heterocycles. The zero-order valence-electron chi connectivity index (χ0n) is 10.9. The zero-order chi connectivity index (χ0) is 13.8. The van der Waals surface area contributed by atoms with Gasteiger partial charge in [-0.1, -0.05) is 0 Å². The van der Waals surface area contributed by atoms with Crippen LogP contribution in [0.25, 0.3) is 0 Å². The molecule has 0 saturated carbocycles. The lowest BCUT2D eigenvalue weighted by Gasteiger charge is -2.17. The second-order valence-corrected chi connectivity index (χ2v) is 4.95. The van der Waals surface area contributed by atoms with Gasteiger partial charge in [-0.05, 0) is 45.4 Å².